The van der Waals surface area contributed by atoms with E-state index in [1.54, 1.807) is 24.5 Å². The lowest BCUT2D eigenvalue weighted by Gasteiger charge is -2.39. The Morgan fingerprint density at radius 3 is 2.88 bits per heavy atom. The van der Waals surface area contributed by atoms with E-state index in [-0.39, 0.29) is 23.8 Å². The predicted molar refractivity (Wildman–Crippen MR) is 102 cm³/mol. The fourth-order valence-electron chi connectivity index (χ4n) is 3.30. The van der Waals surface area contributed by atoms with E-state index >= 15 is 0 Å². The largest absolute Gasteiger partial charge is 0.337 e. The van der Waals surface area contributed by atoms with Crippen LogP contribution < -0.4 is 10.6 Å². The number of hydrogen-bond donors (Lipinski definition) is 2. The van der Waals surface area contributed by atoms with Crippen LogP contribution in [0.3, 0.4) is 0 Å². The SMILES string of the molecule is O=C(Nc1ccc(C(=O)N2CC(c3cncc(Cl)c3)C2)s1)C1CCCN1. The van der Waals surface area contributed by atoms with Gasteiger partial charge in [-0.05, 0) is 43.1 Å². The van der Waals surface area contributed by atoms with Crippen LogP contribution in [-0.4, -0.2) is 47.4 Å². The molecule has 4 rings (SSSR count). The van der Waals surface area contributed by atoms with Crippen molar-refractivity contribution < 1.29 is 9.59 Å². The fraction of sp³-hybridized carbons (Fsp3) is 0.389. The maximum absolute atomic E-state index is 12.6. The molecule has 0 aromatic carbocycles. The van der Waals surface area contributed by atoms with E-state index in [2.05, 4.69) is 15.6 Å². The van der Waals surface area contributed by atoms with Crippen LogP contribution in [-0.2, 0) is 4.79 Å². The lowest BCUT2D eigenvalue weighted by atomic mass is 9.92. The fourth-order valence-corrected chi connectivity index (χ4v) is 4.36. The lowest BCUT2D eigenvalue weighted by molar-refractivity contribution is -0.117. The third-order valence-corrected chi connectivity index (χ3v) is 6.00. The molecule has 0 spiro atoms. The molecule has 2 saturated heterocycles. The number of carbonyl (C=O) groups excluding carboxylic acids is 2. The topological polar surface area (TPSA) is 74.3 Å². The van der Waals surface area contributed by atoms with Crippen LogP contribution in [0, 0.1) is 0 Å². The van der Waals surface area contributed by atoms with Gasteiger partial charge in [-0.15, -0.1) is 11.3 Å². The highest BCUT2D eigenvalue weighted by molar-refractivity contribution is 7.18. The number of hydrogen-bond acceptors (Lipinski definition) is 5. The van der Waals surface area contributed by atoms with Crippen molar-refractivity contribution >= 4 is 39.8 Å². The summed E-state index contributed by atoms with van der Waals surface area (Å²) in [7, 11) is 0. The molecule has 2 aromatic rings. The number of amides is 2. The van der Waals surface area contributed by atoms with Gasteiger partial charge >= 0.3 is 0 Å². The Kier molecular flexibility index (Phi) is 4.93. The lowest BCUT2D eigenvalue weighted by Crippen LogP contribution is -2.48. The minimum atomic E-state index is -0.126. The van der Waals surface area contributed by atoms with Crippen molar-refractivity contribution in [2.45, 2.75) is 24.8 Å². The summed E-state index contributed by atoms with van der Waals surface area (Å²) in [6.07, 6.45) is 5.28. The first kappa shape index (κ1) is 17.5. The van der Waals surface area contributed by atoms with Crippen LogP contribution in [0.5, 0.6) is 0 Å². The van der Waals surface area contributed by atoms with Gasteiger partial charge in [0.2, 0.25) is 5.91 Å². The molecule has 2 fully saturated rings. The average molecular weight is 391 g/mol. The Labute approximate surface area is 160 Å². The summed E-state index contributed by atoms with van der Waals surface area (Å²) in [6.45, 7) is 2.20. The quantitative estimate of drug-likeness (QED) is 0.841. The standard InChI is InChI=1S/C18H19ClN4O2S/c19-13-6-11(7-20-8-13)12-9-23(10-12)18(25)15-3-4-16(26-15)22-17(24)14-2-1-5-21-14/h3-4,6-8,12,14,21H,1-2,5,9-10H2,(H,22,24). The van der Waals surface area contributed by atoms with Gasteiger partial charge in [-0.3, -0.25) is 14.6 Å². The number of carbonyl (C=O) groups is 2. The molecule has 2 aliphatic rings. The van der Waals surface area contributed by atoms with Crippen LogP contribution in [0.4, 0.5) is 5.00 Å². The number of likely N-dealkylation sites (tertiary alicyclic amines) is 1. The molecule has 1 unspecified atom stereocenters. The van der Waals surface area contributed by atoms with Gasteiger partial charge in [0.05, 0.1) is 20.9 Å². The van der Waals surface area contributed by atoms with Gasteiger partial charge < -0.3 is 15.5 Å². The number of halogens is 1. The van der Waals surface area contributed by atoms with E-state index < -0.39 is 0 Å². The second-order valence-electron chi connectivity index (χ2n) is 6.65. The van der Waals surface area contributed by atoms with E-state index in [0.717, 1.165) is 24.9 Å². The number of rotatable bonds is 4. The normalized spacial score (nSPS) is 20.0. The summed E-state index contributed by atoms with van der Waals surface area (Å²) in [5.41, 5.74) is 1.06. The molecule has 2 aromatic heterocycles. The zero-order valence-corrected chi connectivity index (χ0v) is 15.6. The maximum Gasteiger partial charge on any atom is 0.264 e. The van der Waals surface area contributed by atoms with Crippen molar-refractivity contribution in [2.75, 3.05) is 25.0 Å². The number of anilines is 1. The first-order valence-electron chi connectivity index (χ1n) is 8.64. The van der Waals surface area contributed by atoms with Gasteiger partial charge in [0, 0.05) is 31.4 Å². The van der Waals surface area contributed by atoms with Crippen molar-refractivity contribution in [3.8, 4) is 0 Å². The van der Waals surface area contributed by atoms with Gasteiger partial charge in [0.1, 0.15) is 0 Å². The molecule has 0 bridgehead atoms. The van der Waals surface area contributed by atoms with Crippen LogP contribution >= 0.6 is 22.9 Å². The average Bonchev–Trinajstić information content (AvgIpc) is 3.25. The number of nitrogens with zero attached hydrogens (tertiary/aromatic N) is 2. The molecular weight excluding hydrogens is 372 g/mol. The zero-order valence-electron chi connectivity index (χ0n) is 14.1. The zero-order chi connectivity index (χ0) is 18.1. The van der Waals surface area contributed by atoms with Gasteiger partial charge in [-0.2, -0.15) is 0 Å². The molecule has 2 N–H and O–H groups in total. The smallest absolute Gasteiger partial charge is 0.264 e. The van der Waals surface area contributed by atoms with Crippen LogP contribution in [0.15, 0.2) is 30.6 Å². The Morgan fingerprint density at radius 1 is 1.31 bits per heavy atom. The molecule has 136 valence electrons. The van der Waals surface area contributed by atoms with Crippen LogP contribution in [0.25, 0.3) is 0 Å². The molecule has 2 aliphatic heterocycles. The summed E-state index contributed by atoms with van der Waals surface area (Å²) >= 11 is 7.30. The summed E-state index contributed by atoms with van der Waals surface area (Å²) in [5.74, 6) is 0.249. The summed E-state index contributed by atoms with van der Waals surface area (Å²) in [5, 5.41) is 7.39. The highest BCUT2D eigenvalue weighted by Gasteiger charge is 2.33. The highest BCUT2D eigenvalue weighted by atomic mass is 35.5. The minimum absolute atomic E-state index is 0.000674. The first-order valence-corrected chi connectivity index (χ1v) is 9.83. The van der Waals surface area contributed by atoms with Gasteiger partial charge in [-0.1, -0.05) is 11.6 Å². The van der Waals surface area contributed by atoms with Gasteiger partial charge in [0.15, 0.2) is 0 Å². The molecular formula is C18H19ClN4O2S. The van der Waals surface area contributed by atoms with Crippen molar-refractivity contribution in [3.05, 3.63) is 46.1 Å². The number of pyridine rings is 1. The first-order chi connectivity index (χ1) is 12.6. The molecule has 0 saturated carbocycles. The third-order valence-electron chi connectivity index (χ3n) is 4.81. The Bertz CT molecular complexity index is 828. The number of thiophene rings is 1. The molecule has 26 heavy (non-hydrogen) atoms. The van der Waals surface area contributed by atoms with E-state index in [1.165, 1.54) is 11.3 Å². The van der Waals surface area contributed by atoms with Gasteiger partial charge in [0.25, 0.3) is 5.91 Å². The molecule has 0 aliphatic carbocycles. The Morgan fingerprint density at radius 2 is 2.15 bits per heavy atom. The highest BCUT2D eigenvalue weighted by Crippen LogP contribution is 2.31. The summed E-state index contributed by atoms with van der Waals surface area (Å²) < 4.78 is 0. The Hall–Kier alpha value is -1.96. The number of aromatic nitrogens is 1. The molecule has 1 atom stereocenters. The molecule has 2 amide bonds. The second-order valence-corrected chi connectivity index (χ2v) is 8.17. The van der Waals surface area contributed by atoms with E-state index in [9.17, 15) is 9.59 Å². The van der Waals surface area contributed by atoms with Gasteiger partial charge in [-0.25, -0.2) is 0 Å². The molecule has 8 heteroatoms. The predicted octanol–water partition coefficient (Wildman–Crippen LogP) is 2.73. The van der Waals surface area contributed by atoms with E-state index in [4.69, 9.17) is 11.6 Å². The van der Waals surface area contributed by atoms with Crippen LogP contribution in [0.2, 0.25) is 5.02 Å². The van der Waals surface area contributed by atoms with E-state index in [1.807, 2.05) is 11.0 Å². The number of nitrogens with one attached hydrogen (secondary N) is 2. The summed E-state index contributed by atoms with van der Waals surface area (Å²) in [4.78, 5) is 31.3. The van der Waals surface area contributed by atoms with Crippen molar-refractivity contribution in [3.63, 3.8) is 0 Å². The Balaban J connectivity index is 1.33. The third kappa shape index (κ3) is 3.60. The van der Waals surface area contributed by atoms with Crippen molar-refractivity contribution in [1.82, 2.24) is 15.2 Å². The molecule has 0 radical (unpaired) electrons. The van der Waals surface area contributed by atoms with Crippen LogP contribution in [0.1, 0.15) is 34.0 Å². The van der Waals surface area contributed by atoms with Crippen molar-refractivity contribution in [1.29, 1.82) is 0 Å². The summed E-state index contributed by atoms with van der Waals surface area (Å²) in [6, 6.07) is 5.34. The minimum Gasteiger partial charge on any atom is -0.337 e. The van der Waals surface area contributed by atoms with E-state index in [0.29, 0.717) is 28.0 Å². The van der Waals surface area contributed by atoms with Crippen molar-refractivity contribution in [2.24, 2.45) is 0 Å². The molecule has 6 nitrogen and oxygen atoms in total. The maximum atomic E-state index is 12.6. The second kappa shape index (κ2) is 7.34. The molecule has 4 heterocycles. The monoisotopic (exact) mass is 390 g/mol.